The molecule has 0 saturated carbocycles. The van der Waals surface area contributed by atoms with Crippen LogP contribution < -0.4 is 20.9 Å². The van der Waals surface area contributed by atoms with Crippen molar-refractivity contribution in [3.63, 3.8) is 0 Å². The topological polar surface area (TPSA) is 102 Å². The van der Waals surface area contributed by atoms with Gasteiger partial charge in [0.05, 0.1) is 12.2 Å². The van der Waals surface area contributed by atoms with Crippen molar-refractivity contribution >= 4 is 29.4 Å². The number of nitrogens with one attached hydrogen (secondary N) is 3. The van der Waals surface area contributed by atoms with Crippen LogP contribution in [0.15, 0.2) is 36.4 Å². The van der Waals surface area contributed by atoms with Crippen LogP contribution >= 0.6 is 0 Å². The lowest BCUT2D eigenvalue weighted by molar-refractivity contribution is 0.0943. The quantitative estimate of drug-likeness (QED) is 0.268. The molecule has 9 nitrogen and oxygen atoms in total. The number of halogens is 2. The molecule has 11 heteroatoms. The Hall–Kier alpha value is -4.12. The molecular formula is C32H39F2N7O2. The molecular weight excluding hydrogens is 552 g/mol. The van der Waals surface area contributed by atoms with Gasteiger partial charge in [-0.3, -0.25) is 4.79 Å². The van der Waals surface area contributed by atoms with E-state index in [2.05, 4.69) is 25.8 Å². The van der Waals surface area contributed by atoms with E-state index in [4.69, 9.17) is 4.98 Å². The van der Waals surface area contributed by atoms with Crippen LogP contribution in [-0.2, 0) is 6.54 Å². The number of fused-ring (bicyclic) bond motifs is 1. The third kappa shape index (κ3) is 6.93. The number of anilines is 3. The summed E-state index contributed by atoms with van der Waals surface area (Å²) in [5.41, 5.74) is 2.40. The van der Waals surface area contributed by atoms with Crippen LogP contribution in [0.4, 0.5) is 31.0 Å². The Morgan fingerprint density at radius 1 is 1.05 bits per heavy atom. The van der Waals surface area contributed by atoms with E-state index in [1.54, 1.807) is 12.1 Å². The molecule has 3 aromatic rings. The minimum absolute atomic E-state index is 0.0476. The number of nitrogens with zero attached hydrogens (tertiary/aromatic N) is 4. The minimum atomic E-state index is -0.890. The van der Waals surface area contributed by atoms with Crippen molar-refractivity contribution < 1.29 is 18.4 Å². The molecule has 3 heterocycles. The second-order valence-corrected chi connectivity index (χ2v) is 11.5. The maximum absolute atomic E-state index is 15.0. The Kier molecular flexibility index (Phi) is 9.49. The van der Waals surface area contributed by atoms with E-state index in [-0.39, 0.29) is 30.3 Å². The molecule has 3 amide bonds. The van der Waals surface area contributed by atoms with Crippen LogP contribution in [0.1, 0.15) is 67.4 Å². The number of amides is 3. The Balaban J connectivity index is 1.55. The highest BCUT2D eigenvalue weighted by Gasteiger charge is 2.34. The molecule has 5 rings (SSSR count). The summed E-state index contributed by atoms with van der Waals surface area (Å²) in [6.45, 7) is 9.42. The van der Waals surface area contributed by atoms with E-state index in [1.165, 1.54) is 31.7 Å². The lowest BCUT2D eigenvalue weighted by Crippen LogP contribution is -2.43. The fourth-order valence-corrected chi connectivity index (χ4v) is 5.60. The normalized spacial score (nSPS) is 15.6. The van der Waals surface area contributed by atoms with Crippen molar-refractivity contribution in [2.75, 3.05) is 36.4 Å². The summed E-state index contributed by atoms with van der Waals surface area (Å²) in [7, 11) is 0. The summed E-state index contributed by atoms with van der Waals surface area (Å²) >= 11 is 0. The van der Waals surface area contributed by atoms with Gasteiger partial charge in [-0.1, -0.05) is 25.0 Å². The largest absolute Gasteiger partial charge is 0.354 e. The molecule has 228 valence electrons. The molecule has 2 aliphatic rings. The number of benzene rings is 2. The van der Waals surface area contributed by atoms with Crippen LogP contribution in [0.5, 0.6) is 0 Å². The molecule has 0 unspecified atom stereocenters. The van der Waals surface area contributed by atoms with Crippen LogP contribution in [0.25, 0.3) is 11.3 Å². The number of para-hydroxylation sites is 1. The van der Waals surface area contributed by atoms with E-state index >= 15 is 8.78 Å². The maximum Gasteiger partial charge on any atom is 0.328 e. The lowest BCUT2D eigenvalue weighted by atomic mass is 9.97. The number of hydrogen-bond donors (Lipinski definition) is 3. The highest BCUT2D eigenvalue weighted by Crippen LogP contribution is 2.39. The van der Waals surface area contributed by atoms with Gasteiger partial charge in [-0.25, -0.2) is 23.5 Å². The van der Waals surface area contributed by atoms with Gasteiger partial charge in [-0.05, 0) is 89.5 Å². The Morgan fingerprint density at radius 2 is 1.77 bits per heavy atom. The molecule has 2 aromatic carbocycles. The third-order valence-corrected chi connectivity index (χ3v) is 7.79. The number of carbonyl (C=O) groups excluding carboxylic acids is 2. The Bertz CT molecular complexity index is 1470. The van der Waals surface area contributed by atoms with Gasteiger partial charge >= 0.3 is 6.03 Å². The van der Waals surface area contributed by atoms with E-state index in [1.807, 2.05) is 26.8 Å². The van der Waals surface area contributed by atoms with Crippen molar-refractivity contribution in [1.29, 1.82) is 0 Å². The molecule has 3 N–H and O–H groups in total. The van der Waals surface area contributed by atoms with Crippen molar-refractivity contribution in [1.82, 2.24) is 25.5 Å². The number of hydrogen-bond acceptors (Lipinski definition) is 6. The van der Waals surface area contributed by atoms with Gasteiger partial charge in [0.2, 0.25) is 5.95 Å². The summed E-state index contributed by atoms with van der Waals surface area (Å²) in [5.74, 6) is -1.69. The molecule has 0 bridgehead atoms. The first-order valence-corrected chi connectivity index (χ1v) is 15.0. The zero-order valence-electron chi connectivity index (χ0n) is 25.0. The number of carbonyl (C=O) groups is 2. The van der Waals surface area contributed by atoms with Gasteiger partial charge in [0.1, 0.15) is 17.3 Å². The molecule has 0 radical (unpaired) electrons. The second-order valence-electron chi connectivity index (χ2n) is 11.5. The van der Waals surface area contributed by atoms with Gasteiger partial charge in [0.25, 0.3) is 5.91 Å². The number of urea groups is 1. The van der Waals surface area contributed by atoms with Crippen molar-refractivity contribution in [2.45, 2.75) is 65.5 Å². The first-order chi connectivity index (χ1) is 20.7. The van der Waals surface area contributed by atoms with Crippen molar-refractivity contribution in [3.05, 3.63) is 64.7 Å². The summed E-state index contributed by atoms with van der Waals surface area (Å²) in [5, 5.41) is 8.91. The minimum Gasteiger partial charge on any atom is -0.354 e. The lowest BCUT2D eigenvalue weighted by Gasteiger charge is -2.31. The fraction of sp³-hybridized carbons (Fsp3) is 0.438. The maximum atomic E-state index is 15.0. The van der Waals surface area contributed by atoms with Crippen molar-refractivity contribution in [3.8, 4) is 11.3 Å². The standard InChI is InChI=1S/C32H39F2N7O2/c1-20(2)37-30(42)22-13-12-21(3)23(18-22)27-24-19-36-32(43)41(28-25(33)10-8-11-26(28)34)29(24)39-31(38-27)35-14-9-17-40-15-6-4-5-7-16-40/h8,10-13,18,20H,4-7,9,14-17,19H2,1-3H3,(H,36,43)(H,37,42)(H,35,38,39). The van der Waals surface area contributed by atoms with Crippen LogP contribution in [0.2, 0.25) is 0 Å². The fourth-order valence-electron chi connectivity index (χ4n) is 5.60. The van der Waals surface area contributed by atoms with E-state index in [0.29, 0.717) is 28.9 Å². The van der Waals surface area contributed by atoms with Crippen LogP contribution in [-0.4, -0.2) is 59.0 Å². The number of aromatic nitrogens is 2. The van der Waals surface area contributed by atoms with Gasteiger partial charge in [-0.2, -0.15) is 4.98 Å². The first kappa shape index (κ1) is 30.3. The summed E-state index contributed by atoms with van der Waals surface area (Å²) in [6, 6.07) is 8.04. The average Bonchev–Trinajstić information content (AvgIpc) is 3.25. The van der Waals surface area contributed by atoms with E-state index in [9.17, 15) is 9.59 Å². The molecule has 0 atom stereocenters. The highest BCUT2D eigenvalue weighted by molar-refractivity contribution is 6.02. The number of rotatable bonds is 9. The smallest absolute Gasteiger partial charge is 0.328 e. The Labute approximate surface area is 251 Å². The van der Waals surface area contributed by atoms with Gasteiger partial charge in [0.15, 0.2) is 5.82 Å². The molecule has 2 aliphatic heterocycles. The Morgan fingerprint density at radius 3 is 2.47 bits per heavy atom. The molecule has 0 spiro atoms. The van der Waals surface area contributed by atoms with Gasteiger partial charge in [-0.15, -0.1) is 0 Å². The first-order valence-electron chi connectivity index (χ1n) is 15.0. The average molecular weight is 592 g/mol. The summed E-state index contributed by atoms with van der Waals surface area (Å²) < 4.78 is 30.0. The monoisotopic (exact) mass is 591 g/mol. The molecule has 1 saturated heterocycles. The predicted octanol–water partition coefficient (Wildman–Crippen LogP) is 5.91. The van der Waals surface area contributed by atoms with E-state index < -0.39 is 23.4 Å². The third-order valence-electron chi connectivity index (χ3n) is 7.79. The predicted molar refractivity (Wildman–Crippen MR) is 164 cm³/mol. The van der Waals surface area contributed by atoms with Crippen molar-refractivity contribution in [2.24, 2.45) is 0 Å². The molecule has 43 heavy (non-hydrogen) atoms. The summed E-state index contributed by atoms with van der Waals surface area (Å²) in [4.78, 5) is 38.9. The summed E-state index contributed by atoms with van der Waals surface area (Å²) in [6.07, 6.45) is 5.82. The van der Waals surface area contributed by atoms with Gasteiger partial charge in [0, 0.05) is 29.3 Å². The van der Waals surface area contributed by atoms with Crippen LogP contribution in [0.3, 0.4) is 0 Å². The highest BCUT2D eigenvalue weighted by atomic mass is 19.1. The molecule has 1 aromatic heterocycles. The van der Waals surface area contributed by atoms with Crippen LogP contribution in [0, 0.1) is 18.6 Å². The zero-order valence-corrected chi connectivity index (χ0v) is 25.0. The van der Waals surface area contributed by atoms with Gasteiger partial charge < -0.3 is 20.9 Å². The molecule has 0 aliphatic carbocycles. The zero-order chi connectivity index (χ0) is 30.5. The van der Waals surface area contributed by atoms with E-state index in [0.717, 1.165) is 48.7 Å². The number of aryl methyl sites for hydroxylation is 1. The second kappa shape index (κ2) is 13.5. The SMILES string of the molecule is Cc1ccc(C(=O)NC(C)C)cc1-c1nc(NCCCN2CCCCCC2)nc2c1CNC(=O)N2c1c(F)cccc1F. The number of likely N-dealkylation sites (tertiary alicyclic amines) is 1. The molecule has 1 fully saturated rings.